The zero-order chi connectivity index (χ0) is 16.0. The normalized spacial score (nSPS) is 21.3. The summed E-state index contributed by atoms with van der Waals surface area (Å²) in [5.41, 5.74) is 3.86. The molecule has 0 bridgehead atoms. The highest BCUT2D eigenvalue weighted by molar-refractivity contribution is 5.48. The minimum Gasteiger partial charge on any atom is -0.308 e. The van der Waals surface area contributed by atoms with Crippen LogP contribution in [0.4, 0.5) is 0 Å². The number of hydrogen-bond acceptors (Lipinski definition) is 3. The first-order valence-corrected chi connectivity index (χ1v) is 8.20. The summed E-state index contributed by atoms with van der Waals surface area (Å²) in [5.74, 6) is 0. The van der Waals surface area contributed by atoms with Crippen LogP contribution >= 0.6 is 0 Å². The summed E-state index contributed by atoms with van der Waals surface area (Å²) in [5, 5.41) is 7.48. The Morgan fingerprint density at radius 2 is 1.95 bits per heavy atom. The second kappa shape index (κ2) is 5.36. The molecule has 2 aromatic heterocycles. The molecule has 0 saturated carbocycles. The van der Waals surface area contributed by atoms with Gasteiger partial charge in [-0.05, 0) is 59.1 Å². The van der Waals surface area contributed by atoms with E-state index in [1.807, 2.05) is 6.20 Å². The van der Waals surface area contributed by atoms with Gasteiger partial charge in [0.15, 0.2) is 0 Å². The van der Waals surface area contributed by atoms with Crippen LogP contribution in [0.5, 0.6) is 0 Å². The minimum atomic E-state index is 0.176. The van der Waals surface area contributed by atoms with Crippen molar-refractivity contribution < 1.29 is 0 Å². The topological polar surface area (TPSA) is 41.4 Å². The summed E-state index contributed by atoms with van der Waals surface area (Å²) in [6, 6.07) is 4.73. The fourth-order valence-corrected chi connectivity index (χ4v) is 4.05. The zero-order valence-corrected chi connectivity index (χ0v) is 14.4. The molecule has 1 fully saturated rings. The monoisotopic (exact) mass is 300 g/mol. The molecule has 1 aliphatic heterocycles. The van der Waals surface area contributed by atoms with E-state index in [-0.39, 0.29) is 11.1 Å². The van der Waals surface area contributed by atoms with E-state index in [2.05, 4.69) is 73.0 Å². The Balaban J connectivity index is 1.73. The molecule has 4 heteroatoms. The SMILES string of the molecule is Cc1cccn2c(CNC3CC(C)(C)NC(C)(C)C3)cnc12. The second-order valence-corrected chi connectivity index (χ2v) is 8.01. The standard InChI is InChI=1S/C18H28N4/c1-13-7-6-8-22-15(12-20-16(13)22)11-19-14-9-17(2,3)21-18(4,5)10-14/h6-8,12,14,19,21H,9-11H2,1-5H3. The first kappa shape index (κ1) is 15.5. The van der Waals surface area contributed by atoms with Crippen molar-refractivity contribution in [2.45, 2.75) is 71.1 Å². The molecule has 3 heterocycles. The Morgan fingerprint density at radius 3 is 2.64 bits per heavy atom. The number of rotatable bonds is 3. The minimum absolute atomic E-state index is 0.176. The lowest BCUT2D eigenvalue weighted by Crippen LogP contribution is -2.61. The third-order valence-corrected chi connectivity index (χ3v) is 4.57. The molecule has 4 nitrogen and oxygen atoms in total. The van der Waals surface area contributed by atoms with Crippen LogP contribution < -0.4 is 10.6 Å². The number of fused-ring (bicyclic) bond motifs is 1. The van der Waals surface area contributed by atoms with Gasteiger partial charge in [0.05, 0.1) is 11.9 Å². The third-order valence-electron chi connectivity index (χ3n) is 4.57. The van der Waals surface area contributed by atoms with Gasteiger partial charge in [0.1, 0.15) is 5.65 Å². The average Bonchev–Trinajstić information content (AvgIpc) is 2.77. The van der Waals surface area contributed by atoms with E-state index < -0.39 is 0 Å². The number of piperidine rings is 1. The van der Waals surface area contributed by atoms with Crippen molar-refractivity contribution in [1.82, 2.24) is 20.0 Å². The predicted octanol–water partition coefficient (Wildman–Crippen LogP) is 3.04. The lowest BCUT2D eigenvalue weighted by molar-refractivity contribution is 0.145. The fourth-order valence-electron chi connectivity index (χ4n) is 4.05. The molecule has 0 radical (unpaired) electrons. The number of imidazole rings is 1. The van der Waals surface area contributed by atoms with Crippen LogP contribution in [0, 0.1) is 6.92 Å². The number of hydrogen-bond donors (Lipinski definition) is 2. The molecule has 2 N–H and O–H groups in total. The highest BCUT2D eigenvalue weighted by Gasteiger charge is 2.37. The number of aromatic nitrogens is 2. The van der Waals surface area contributed by atoms with Crippen molar-refractivity contribution in [1.29, 1.82) is 0 Å². The number of nitrogens with one attached hydrogen (secondary N) is 2. The van der Waals surface area contributed by atoms with Gasteiger partial charge in [0, 0.05) is 29.9 Å². The van der Waals surface area contributed by atoms with Crippen molar-refractivity contribution in [2.75, 3.05) is 0 Å². The Hall–Kier alpha value is -1.39. The van der Waals surface area contributed by atoms with Crippen molar-refractivity contribution >= 4 is 5.65 Å². The molecule has 120 valence electrons. The largest absolute Gasteiger partial charge is 0.308 e. The maximum Gasteiger partial charge on any atom is 0.139 e. The van der Waals surface area contributed by atoms with Gasteiger partial charge >= 0.3 is 0 Å². The van der Waals surface area contributed by atoms with E-state index in [0.29, 0.717) is 6.04 Å². The van der Waals surface area contributed by atoms with Crippen molar-refractivity contribution in [3.05, 3.63) is 35.8 Å². The summed E-state index contributed by atoms with van der Waals surface area (Å²) in [7, 11) is 0. The molecule has 1 aliphatic rings. The van der Waals surface area contributed by atoms with Crippen LogP contribution in [0.3, 0.4) is 0 Å². The summed E-state index contributed by atoms with van der Waals surface area (Å²) in [6.45, 7) is 12.1. The summed E-state index contributed by atoms with van der Waals surface area (Å²) < 4.78 is 2.19. The second-order valence-electron chi connectivity index (χ2n) is 8.01. The number of aryl methyl sites for hydroxylation is 1. The van der Waals surface area contributed by atoms with Crippen molar-refractivity contribution in [3.63, 3.8) is 0 Å². The maximum absolute atomic E-state index is 4.55. The lowest BCUT2D eigenvalue weighted by atomic mass is 9.79. The Morgan fingerprint density at radius 1 is 1.27 bits per heavy atom. The molecule has 2 aromatic rings. The van der Waals surface area contributed by atoms with Gasteiger partial charge in [-0.25, -0.2) is 4.98 Å². The van der Waals surface area contributed by atoms with Gasteiger partial charge in [-0.1, -0.05) is 6.07 Å². The van der Waals surface area contributed by atoms with Crippen LogP contribution in [-0.2, 0) is 6.54 Å². The average molecular weight is 300 g/mol. The Labute approximate surface area is 133 Å². The highest BCUT2D eigenvalue weighted by atomic mass is 15.1. The molecule has 0 atom stereocenters. The molecule has 22 heavy (non-hydrogen) atoms. The highest BCUT2D eigenvalue weighted by Crippen LogP contribution is 2.28. The van der Waals surface area contributed by atoms with Gasteiger partial charge < -0.3 is 15.0 Å². The Kier molecular flexibility index (Phi) is 3.77. The van der Waals surface area contributed by atoms with E-state index in [1.165, 1.54) is 11.3 Å². The zero-order valence-electron chi connectivity index (χ0n) is 14.4. The fraction of sp³-hybridized carbons (Fsp3) is 0.611. The molecule has 0 unspecified atom stereocenters. The van der Waals surface area contributed by atoms with E-state index in [4.69, 9.17) is 0 Å². The molecule has 0 spiro atoms. The smallest absolute Gasteiger partial charge is 0.139 e. The molecule has 0 aromatic carbocycles. The quantitative estimate of drug-likeness (QED) is 0.915. The first-order chi connectivity index (χ1) is 10.3. The number of nitrogens with zero attached hydrogens (tertiary/aromatic N) is 2. The van der Waals surface area contributed by atoms with Gasteiger partial charge in [0.25, 0.3) is 0 Å². The van der Waals surface area contributed by atoms with Crippen LogP contribution in [-0.4, -0.2) is 26.5 Å². The summed E-state index contributed by atoms with van der Waals surface area (Å²) in [6.07, 6.45) is 6.38. The summed E-state index contributed by atoms with van der Waals surface area (Å²) in [4.78, 5) is 4.55. The van der Waals surface area contributed by atoms with Crippen LogP contribution in [0.1, 0.15) is 51.8 Å². The Bertz CT molecular complexity index is 653. The summed E-state index contributed by atoms with van der Waals surface area (Å²) >= 11 is 0. The van der Waals surface area contributed by atoms with Gasteiger partial charge in [-0.15, -0.1) is 0 Å². The van der Waals surface area contributed by atoms with E-state index in [1.54, 1.807) is 0 Å². The van der Waals surface area contributed by atoms with Crippen LogP contribution in [0.15, 0.2) is 24.5 Å². The molecular formula is C18H28N4. The van der Waals surface area contributed by atoms with Gasteiger partial charge in [0.2, 0.25) is 0 Å². The van der Waals surface area contributed by atoms with Gasteiger partial charge in [-0.3, -0.25) is 0 Å². The third kappa shape index (κ3) is 3.18. The van der Waals surface area contributed by atoms with Crippen LogP contribution in [0.2, 0.25) is 0 Å². The van der Waals surface area contributed by atoms with Crippen molar-refractivity contribution in [3.8, 4) is 0 Å². The molecule has 1 saturated heterocycles. The molecular weight excluding hydrogens is 272 g/mol. The molecule has 0 aliphatic carbocycles. The predicted molar refractivity (Wildman–Crippen MR) is 91.1 cm³/mol. The van der Waals surface area contributed by atoms with Gasteiger partial charge in [-0.2, -0.15) is 0 Å². The lowest BCUT2D eigenvalue weighted by Gasteiger charge is -2.46. The van der Waals surface area contributed by atoms with Crippen LogP contribution in [0.25, 0.3) is 5.65 Å². The van der Waals surface area contributed by atoms with E-state index in [9.17, 15) is 0 Å². The molecule has 3 rings (SSSR count). The number of pyridine rings is 1. The molecule has 0 amide bonds. The first-order valence-electron chi connectivity index (χ1n) is 8.20. The van der Waals surface area contributed by atoms with E-state index >= 15 is 0 Å². The van der Waals surface area contributed by atoms with Crippen molar-refractivity contribution in [2.24, 2.45) is 0 Å². The van der Waals surface area contributed by atoms with E-state index in [0.717, 1.165) is 25.0 Å². The maximum atomic E-state index is 4.55.